The zero-order chi connectivity index (χ0) is 9.56. The summed E-state index contributed by atoms with van der Waals surface area (Å²) in [5.74, 6) is 0.288. The van der Waals surface area contributed by atoms with Crippen LogP contribution in [0.4, 0.5) is 0 Å². The van der Waals surface area contributed by atoms with Gasteiger partial charge in [0.15, 0.2) is 0 Å². The van der Waals surface area contributed by atoms with Gasteiger partial charge in [-0.3, -0.25) is 9.69 Å². The molecule has 0 aromatic carbocycles. The lowest BCUT2D eigenvalue weighted by Crippen LogP contribution is -2.34. The summed E-state index contributed by atoms with van der Waals surface area (Å²) >= 11 is 0. The van der Waals surface area contributed by atoms with Gasteiger partial charge in [0.2, 0.25) is 0 Å². The molecule has 0 amide bonds. The van der Waals surface area contributed by atoms with Crippen molar-refractivity contribution in [3.05, 3.63) is 0 Å². The van der Waals surface area contributed by atoms with Crippen LogP contribution in [0.1, 0.15) is 39.5 Å². The molecule has 0 rings (SSSR count). The Balaban J connectivity index is 3.72. The van der Waals surface area contributed by atoms with Crippen molar-refractivity contribution >= 4 is 5.78 Å². The van der Waals surface area contributed by atoms with Crippen LogP contribution in [0, 0.1) is 0 Å². The molecule has 0 saturated carbocycles. The fourth-order valence-corrected chi connectivity index (χ4v) is 1.41. The van der Waals surface area contributed by atoms with Crippen molar-refractivity contribution in [3.8, 4) is 0 Å². The molecule has 12 heavy (non-hydrogen) atoms. The zero-order valence-electron chi connectivity index (χ0n) is 8.76. The summed E-state index contributed by atoms with van der Waals surface area (Å²) in [6.45, 7) is 3.86. The highest BCUT2D eigenvalue weighted by Gasteiger charge is 2.14. The standard InChI is InChI=1S/C10H21NO/c1-5-6-7-8-10(9(2)12)11(3)4/h10H,5-8H2,1-4H3. The van der Waals surface area contributed by atoms with Gasteiger partial charge in [0.05, 0.1) is 6.04 Å². The van der Waals surface area contributed by atoms with Crippen LogP contribution in [0.15, 0.2) is 0 Å². The molecular formula is C10H21NO. The van der Waals surface area contributed by atoms with Gasteiger partial charge in [-0.25, -0.2) is 0 Å². The molecule has 1 atom stereocenters. The van der Waals surface area contributed by atoms with Crippen molar-refractivity contribution in [1.82, 2.24) is 4.90 Å². The Morgan fingerprint density at radius 2 is 1.92 bits per heavy atom. The second-order valence-electron chi connectivity index (χ2n) is 3.59. The summed E-state index contributed by atoms with van der Waals surface area (Å²) in [5.41, 5.74) is 0. The second-order valence-corrected chi connectivity index (χ2v) is 3.59. The highest BCUT2D eigenvalue weighted by Crippen LogP contribution is 2.07. The van der Waals surface area contributed by atoms with Gasteiger partial charge in [-0.1, -0.05) is 26.2 Å². The molecule has 0 aliphatic carbocycles. The van der Waals surface area contributed by atoms with Crippen LogP contribution >= 0.6 is 0 Å². The summed E-state index contributed by atoms with van der Waals surface area (Å²) in [6, 6.07) is 0.136. The number of hydrogen-bond acceptors (Lipinski definition) is 2. The third kappa shape index (κ3) is 4.50. The average Bonchev–Trinajstić information content (AvgIpc) is 1.96. The number of carbonyl (C=O) groups is 1. The van der Waals surface area contributed by atoms with Crippen LogP contribution in [0.25, 0.3) is 0 Å². The largest absolute Gasteiger partial charge is 0.300 e. The second kappa shape index (κ2) is 6.18. The SMILES string of the molecule is CCCCCC(C(C)=O)N(C)C. The normalized spacial score (nSPS) is 13.4. The summed E-state index contributed by atoms with van der Waals surface area (Å²) in [6.07, 6.45) is 4.63. The van der Waals surface area contributed by atoms with Gasteiger partial charge in [0, 0.05) is 0 Å². The Hall–Kier alpha value is -0.370. The molecule has 2 heteroatoms. The van der Waals surface area contributed by atoms with Crippen molar-refractivity contribution < 1.29 is 4.79 Å². The summed E-state index contributed by atoms with van der Waals surface area (Å²) in [7, 11) is 3.94. The molecule has 0 bridgehead atoms. The van der Waals surface area contributed by atoms with Crippen molar-refractivity contribution in [2.45, 2.75) is 45.6 Å². The Kier molecular flexibility index (Phi) is 5.99. The first-order valence-corrected chi connectivity index (χ1v) is 4.76. The summed E-state index contributed by atoms with van der Waals surface area (Å²) in [5, 5.41) is 0. The van der Waals surface area contributed by atoms with E-state index in [9.17, 15) is 4.79 Å². The van der Waals surface area contributed by atoms with Crippen LogP contribution in [0.2, 0.25) is 0 Å². The lowest BCUT2D eigenvalue weighted by Gasteiger charge is -2.21. The van der Waals surface area contributed by atoms with E-state index in [4.69, 9.17) is 0 Å². The van der Waals surface area contributed by atoms with E-state index >= 15 is 0 Å². The van der Waals surface area contributed by atoms with Gasteiger partial charge in [-0.15, -0.1) is 0 Å². The molecule has 0 saturated heterocycles. The van der Waals surface area contributed by atoms with E-state index < -0.39 is 0 Å². The van der Waals surface area contributed by atoms with Gasteiger partial charge in [0.1, 0.15) is 5.78 Å². The average molecular weight is 171 g/mol. The predicted molar refractivity (Wildman–Crippen MR) is 52.3 cm³/mol. The van der Waals surface area contributed by atoms with Gasteiger partial charge >= 0.3 is 0 Å². The third-order valence-electron chi connectivity index (χ3n) is 2.17. The number of ketones is 1. The molecule has 0 aromatic heterocycles. The Labute approximate surface area is 75.9 Å². The fourth-order valence-electron chi connectivity index (χ4n) is 1.41. The smallest absolute Gasteiger partial charge is 0.146 e. The highest BCUT2D eigenvalue weighted by molar-refractivity contribution is 5.81. The van der Waals surface area contributed by atoms with Gasteiger partial charge in [-0.05, 0) is 27.4 Å². The molecule has 2 nitrogen and oxygen atoms in total. The highest BCUT2D eigenvalue weighted by atomic mass is 16.1. The van der Waals surface area contributed by atoms with E-state index in [1.807, 2.05) is 19.0 Å². The number of likely N-dealkylation sites (N-methyl/N-ethyl adjacent to an activating group) is 1. The molecule has 0 aliphatic heterocycles. The van der Waals surface area contributed by atoms with Gasteiger partial charge in [-0.2, -0.15) is 0 Å². The molecule has 0 spiro atoms. The monoisotopic (exact) mass is 171 g/mol. The molecule has 0 radical (unpaired) electrons. The summed E-state index contributed by atoms with van der Waals surface area (Å²) < 4.78 is 0. The van der Waals surface area contributed by atoms with Crippen LogP contribution in [0.5, 0.6) is 0 Å². The maximum absolute atomic E-state index is 11.1. The van der Waals surface area contributed by atoms with E-state index in [2.05, 4.69) is 6.92 Å². The topological polar surface area (TPSA) is 20.3 Å². The minimum Gasteiger partial charge on any atom is -0.300 e. The van der Waals surface area contributed by atoms with Gasteiger partial charge < -0.3 is 0 Å². The maximum atomic E-state index is 11.1. The van der Waals surface area contributed by atoms with Crippen LogP contribution < -0.4 is 0 Å². The molecule has 72 valence electrons. The molecule has 1 unspecified atom stereocenters. The lowest BCUT2D eigenvalue weighted by molar-refractivity contribution is -0.121. The number of rotatable bonds is 6. The number of nitrogens with zero attached hydrogens (tertiary/aromatic N) is 1. The van der Waals surface area contributed by atoms with Crippen molar-refractivity contribution in [2.75, 3.05) is 14.1 Å². The van der Waals surface area contributed by atoms with Crippen LogP contribution in [0.3, 0.4) is 0 Å². The van der Waals surface area contributed by atoms with Crippen LogP contribution in [-0.4, -0.2) is 30.8 Å². The number of carbonyl (C=O) groups excluding carboxylic acids is 1. The van der Waals surface area contributed by atoms with E-state index in [0.29, 0.717) is 0 Å². The maximum Gasteiger partial charge on any atom is 0.146 e. The first-order valence-electron chi connectivity index (χ1n) is 4.76. The number of hydrogen-bond donors (Lipinski definition) is 0. The summed E-state index contributed by atoms with van der Waals surface area (Å²) in [4.78, 5) is 13.1. The van der Waals surface area contributed by atoms with Crippen LogP contribution in [-0.2, 0) is 4.79 Å². The molecular weight excluding hydrogens is 150 g/mol. The van der Waals surface area contributed by atoms with Crippen molar-refractivity contribution in [3.63, 3.8) is 0 Å². The minimum atomic E-state index is 0.136. The fraction of sp³-hybridized carbons (Fsp3) is 0.900. The Morgan fingerprint density at radius 1 is 1.33 bits per heavy atom. The minimum absolute atomic E-state index is 0.136. The van der Waals surface area contributed by atoms with E-state index in [-0.39, 0.29) is 11.8 Å². The predicted octanol–water partition coefficient (Wildman–Crippen LogP) is 2.09. The van der Waals surface area contributed by atoms with E-state index in [1.54, 1.807) is 6.92 Å². The third-order valence-corrected chi connectivity index (χ3v) is 2.17. The molecule has 0 N–H and O–H groups in total. The molecule has 0 heterocycles. The molecule has 0 aliphatic rings. The zero-order valence-corrected chi connectivity index (χ0v) is 8.76. The first-order chi connectivity index (χ1) is 5.59. The van der Waals surface area contributed by atoms with Crippen molar-refractivity contribution in [2.24, 2.45) is 0 Å². The van der Waals surface area contributed by atoms with Crippen molar-refractivity contribution in [1.29, 1.82) is 0 Å². The quantitative estimate of drug-likeness (QED) is 0.570. The Morgan fingerprint density at radius 3 is 2.25 bits per heavy atom. The number of Topliss-reactive ketones (excluding diaryl/α,β-unsaturated/α-hetero) is 1. The molecule has 0 aromatic rings. The number of unbranched alkanes of at least 4 members (excludes halogenated alkanes) is 2. The lowest BCUT2D eigenvalue weighted by atomic mass is 10.0. The molecule has 0 fully saturated rings. The van der Waals surface area contributed by atoms with Gasteiger partial charge in [0.25, 0.3) is 0 Å². The van der Waals surface area contributed by atoms with E-state index in [1.165, 1.54) is 19.3 Å². The Bertz CT molecular complexity index is 132. The van der Waals surface area contributed by atoms with E-state index in [0.717, 1.165) is 6.42 Å². The first kappa shape index (κ1) is 11.6.